The first-order chi connectivity index (χ1) is 5.63. The first-order valence-corrected chi connectivity index (χ1v) is 5.05. The Morgan fingerprint density at radius 2 is 2.08 bits per heavy atom. The second kappa shape index (κ2) is 4.24. The van der Waals surface area contributed by atoms with Crippen molar-refractivity contribution in [2.75, 3.05) is 13.1 Å². The van der Waals surface area contributed by atoms with Gasteiger partial charge in [-0.05, 0) is 26.2 Å². The molecule has 0 aliphatic carbocycles. The van der Waals surface area contributed by atoms with Crippen LogP contribution < -0.4 is 0 Å². The van der Waals surface area contributed by atoms with E-state index in [2.05, 4.69) is 25.7 Å². The van der Waals surface area contributed by atoms with E-state index in [4.69, 9.17) is 0 Å². The molecule has 1 aliphatic heterocycles. The third-order valence-electron chi connectivity index (χ3n) is 2.85. The van der Waals surface area contributed by atoms with Gasteiger partial charge in [0, 0.05) is 19.1 Å². The van der Waals surface area contributed by atoms with E-state index in [0.717, 1.165) is 13.0 Å². The molecule has 0 spiro atoms. The molecule has 1 saturated heterocycles. The van der Waals surface area contributed by atoms with Gasteiger partial charge >= 0.3 is 0 Å². The van der Waals surface area contributed by atoms with Crippen LogP contribution in [0, 0.1) is 5.92 Å². The fourth-order valence-corrected chi connectivity index (χ4v) is 1.93. The molecule has 1 N–H and O–H groups in total. The summed E-state index contributed by atoms with van der Waals surface area (Å²) in [5.74, 6) is 0.705. The molecular weight excluding hydrogens is 150 g/mol. The minimum atomic E-state index is -0.0916. The van der Waals surface area contributed by atoms with Crippen LogP contribution in [0.4, 0.5) is 0 Å². The number of aliphatic hydroxyl groups is 1. The third kappa shape index (κ3) is 2.46. The molecule has 0 saturated carbocycles. The number of nitrogens with zero attached hydrogens (tertiary/aromatic N) is 1. The van der Waals surface area contributed by atoms with Crippen LogP contribution in [-0.4, -0.2) is 35.2 Å². The molecule has 1 aliphatic rings. The van der Waals surface area contributed by atoms with Gasteiger partial charge in [0.05, 0.1) is 6.10 Å². The number of aliphatic hydroxyl groups excluding tert-OH is 1. The quantitative estimate of drug-likeness (QED) is 0.680. The number of β-amino-alcohol motifs (C(OH)–C–C–N with tert-alkyl or cyclic N) is 1. The third-order valence-corrected chi connectivity index (χ3v) is 2.85. The van der Waals surface area contributed by atoms with E-state index >= 15 is 0 Å². The molecule has 2 heteroatoms. The lowest BCUT2D eigenvalue weighted by Crippen LogP contribution is -2.46. The molecule has 0 aromatic carbocycles. The van der Waals surface area contributed by atoms with Crippen molar-refractivity contribution in [3.63, 3.8) is 0 Å². The molecule has 0 radical (unpaired) electrons. The van der Waals surface area contributed by atoms with Crippen LogP contribution in [0.3, 0.4) is 0 Å². The summed E-state index contributed by atoms with van der Waals surface area (Å²) in [7, 11) is 0. The Kier molecular flexibility index (Phi) is 3.53. The zero-order valence-electron chi connectivity index (χ0n) is 8.45. The summed E-state index contributed by atoms with van der Waals surface area (Å²) in [6, 6.07) is 0.578. The summed E-state index contributed by atoms with van der Waals surface area (Å²) >= 11 is 0. The molecule has 12 heavy (non-hydrogen) atoms. The molecule has 0 aromatic rings. The van der Waals surface area contributed by atoms with Crippen molar-refractivity contribution in [1.29, 1.82) is 0 Å². The summed E-state index contributed by atoms with van der Waals surface area (Å²) < 4.78 is 0. The molecule has 72 valence electrons. The SMILES string of the molecule is CC[C@@H]1C[C@@H](O)CN(C(C)C)C1. The molecule has 0 bridgehead atoms. The highest BCUT2D eigenvalue weighted by molar-refractivity contribution is 4.79. The van der Waals surface area contributed by atoms with E-state index in [1.807, 2.05) is 0 Å². The van der Waals surface area contributed by atoms with Gasteiger partial charge < -0.3 is 5.11 Å². The van der Waals surface area contributed by atoms with E-state index in [9.17, 15) is 5.11 Å². The van der Waals surface area contributed by atoms with Crippen molar-refractivity contribution >= 4 is 0 Å². The summed E-state index contributed by atoms with van der Waals surface area (Å²) in [6.07, 6.45) is 2.10. The van der Waals surface area contributed by atoms with Crippen molar-refractivity contribution < 1.29 is 5.11 Å². The topological polar surface area (TPSA) is 23.5 Å². The lowest BCUT2D eigenvalue weighted by atomic mass is 9.93. The molecule has 1 heterocycles. The molecule has 2 nitrogen and oxygen atoms in total. The van der Waals surface area contributed by atoms with Crippen LogP contribution in [0.5, 0.6) is 0 Å². The van der Waals surface area contributed by atoms with Gasteiger partial charge in [0.15, 0.2) is 0 Å². The van der Waals surface area contributed by atoms with Gasteiger partial charge in [0.1, 0.15) is 0 Å². The van der Waals surface area contributed by atoms with Crippen molar-refractivity contribution in [2.24, 2.45) is 5.92 Å². The van der Waals surface area contributed by atoms with Crippen LogP contribution >= 0.6 is 0 Å². The predicted octanol–water partition coefficient (Wildman–Crippen LogP) is 1.49. The van der Waals surface area contributed by atoms with Crippen molar-refractivity contribution in [3.8, 4) is 0 Å². The summed E-state index contributed by atoms with van der Waals surface area (Å²) in [5.41, 5.74) is 0. The van der Waals surface area contributed by atoms with Crippen molar-refractivity contribution in [3.05, 3.63) is 0 Å². The van der Waals surface area contributed by atoms with Gasteiger partial charge in [-0.1, -0.05) is 13.3 Å². The maximum atomic E-state index is 9.59. The highest BCUT2D eigenvalue weighted by atomic mass is 16.3. The van der Waals surface area contributed by atoms with Crippen LogP contribution in [0.25, 0.3) is 0 Å². The fraction of sp³-hybridized carbons (Fsp3) is 1.00. The summed E-state index contributed by atoms with van der Waals surface area (Å²) in [5, 5.41) is 9.59. The second-order valence-electron chi connectivity index (χ2n) is 4.21. The Balaban J connectivity index is 2.45. The van der Waals surface area contributed by atoms with Gasteiger partial charge in [-0.25, -0.2) is 0 Å². The Bertz CT molecular complexity index is 136. The van der Waals surface area contributed by atoms with Gasteiger partial charge in [-0.15, -0.1) is 0 Å². The van der Waals surface area contributed by atoms with E-state index in [1.54, 1.807) is 0 Å². The minimum absolute atomic E-state index is 0.0916. The smallest absolute Gasteiger partial charge is 0.0670 e. The van der Waals surface area contributed by atoms with E-state index in [1.165, 1.54) is 13.0 Å². The highest BCUT2D eigenvalue weighted by Gasteiger charge is 2.25. The van der Waals surface area contributed by atoms with Gasteiger partial charge in [0.2, 0.25) is 0 Å². The monoisotopic (exact) mass is 171 g/mol. The van der Waals surface area contributed by atoms with Crippen LogP contribution in [0.1, 0.15) is 33.6 Å². The first-order valence-electron chi connectivity index (χ1n) is 5.05. The summed E-state index contributed by atoms with van der Waals surface area (Å²) in [4.78, 5) is 2.38. The van der Waals surface area contributed by atoms with Gasteiger partial charge in [-0.2, -0.15) is 0 Å². The Hall–Kier alpha value is -0.0800. The lowest BCUT2D eigenvalue weighted by molar-refractivity contribution is 0.0238. The van der Waals surface area contributed by atoms with Crippen molar-refractivity contribution in [2.45, 2.75) is 45.8 Å². The van der Waals surface area contributed by atoms with E-state index in [0.29, 0.717) is 12.0 Å². The molecule has 0 aromatic heterocycles. The van der Waals surface area contributed by atoms with Gasteiger partial charge in [0.25, 0.3) is 0 Å². The van der Waals surface area contributed by atoms with E-state index in [-0.39, 0.29) is 6.10 Å². The van der Waals surface area contributed by atoms with Crippen LogP contribution in [-0.2, 0) is 0 Å². The minimum Gasteiger partial charge on any atom is -0.392 e. The van der Waals surface area contributed by atoms with Crippen LogP contribution in [0.15, 0.2) is 0 Å². The number of hydrogen-bond donors (Lipinski definition) is 1. The standard InChI is InChI=1S/C10H21NO/c1-4-9-5-10(12)7-11(6-9)8(2)3/h8-10,12H,4-7H2,1-3H3/t9-,10-/m1/s1. The number of rotatable bonds is 2. The fourth-order valence-electron chi connectivity index (χ4n) is 1.93. The molecular formula is C10H21NO. The second-order valence-corrected chi connectivity index (χ2v) is 4.21. The largest absolute Gasteiger partial charge is 0.392 e. The zero-order valence-corrected chi connectivity index (χ0v) is 8.45. The maximum Gasteiger partial charge on any atom is 0.0670 e. The number of likely N-dealkylation sites (tertiary alicyclic amines) is 1. The van der Waals surface area contributed by atoms with Crippen LogP contribution in [0.2, 0.25) is 0 Å². The summed E-state index contributed by atoms with van der Waals surface area (Å²) in [6.45, 7) is 8.65. The normalized spacial score (nSPS) is 32.8. The zero-order chi connectivity index (χ0) is 9.14. The molecule has 0 amide bonds. The maximum absolute atomic E-state index is 9.59. The molecule has 0 unspecified atom stereocenters. The Morgan fingerprint density at radius 1 is 1.42 bits per heavy atom. The molecule has 2 atom stereocenters. The Morgan fingerprint density at radius 3 is 2.58 bits per heavy atom. The highest BCUT2D eigenvalue weighted by Crippen LogP contribution is 2.20. The lowest BCUT2D eigenvalue weighted by Gasteiger charge is -2.37. The number of hydrogen-bond acceptors (Lipinski definition) is 2. The Labute approximate surface area is 75.6 Å². The van der Waals surface area contributed by atoms with Crippen molar-refractivity contribution in [1.82, 2.24) is 4.90 Å². The average Bonchev–Trinajstić information content (AvgIpc) is 2.03. The number of piperidine rings is 1. The molecule has 1 fully saturated rings. The molecule has 1 rings (SSSR count). The van der Waals surface area contributed by atoms with E-state index < -0.39 is 0 Å². The predicted molar refractivity (Wildman–Crippen MR) is 51.1 cm³/mol. The first kappa shape index (κ1) is 10.0. The van der Waals surface area contributed by atoms with Gasteiger partial charge in [-0.3, -0.25) is 4.90 Å². The average molecular weight is 171 g/mol.